The lowest BCUT2D eigenvalue weighted by Crippen LogP contribution is -2.59. The van der Waals surface area contributed by atoms with E-state index in [-0.39, 0.29) is 165 Å². The van der Waals surface area contributed by atoms with Crippen molar-refractivity contribution in [1.29, 1.82) is 0 Å². The van der Waals surface area contributed by atoms with Crippen molar-refractivity contribution in [3.63, 3.8) is 0 Å². The van der Waals surface area contributed by atoms with Crippen molar-refractivity contribution in [2.45, 2.75) is 112 Å². The highest BCUT2D eigenvalue weighted by Gasteiger charge is 2.46. The third kappa shape index (κ3) is 33.9. The van der Waals surface area contributed by atoms with E-state index in [4.69, 9.17) is 99.5 Å². The predicted molar refractivity (Wildman–Crippen MR) is 292 cm³/mol. The van der Waals surface area contributed by atoms with Crippen molar-refractivity contribution in [2.24, 2.45) is 5.92 Å². The van der Waals surface area contributed by atoms with Gasteiger partial charge in [0.2, 0.25) is 0 Å². The first-order chi connectivity index (χ1) is 42.2. The molecule has 3 aliphatic rings. The highest BCUT2D eigenvalue weighted by molar-refractivity contribution is 4.91. The summed E-state index contributed by atoms with van der Waals surface area (Å²) < 4.78 is 117. The van der Waals surface area contributed by atoms with E-state index in [2.05, 4.69) is 19.2 Å². The van der Waals surface area contributed by atoms with Crippen LogP contribution in [0.25, 0.3) is 0 Å². The Bertz CT molecular complexity index is 1410. The fourth-order valence-corrected chi connectivity index (χ4v) is 8.03. The summed E-state index contributed by atoms with van der Waals surface area (Å²) in [6.45, 7) is 8.88. The SMILES string of the molecule is CC(C)CNC(COCOCCOCCOCCOCCO[C@@H]1OC(CO)[C@H](O)C(O)[C@@H]1O)(COCOCCOCCOCCOCCO[C@@H]1OC(CO)[C@H](O)C(O)[C@@H]1O)COCOCCOCCOCCOCCO[C@@H]1OC(CO)[C@H](O)C(O)[C@@H]1O. The second-order valence-corrected chi connectivity index (χ2v) is 20.4. The maximum Gasteiger partial charge on any atom is 0.186 e. The molecule has 13 N–H and O–H groups in total. The number of hydrogen-bond acceptors (Lipinski definition) is 34. The average molecular weight is 1280 g/mol. The molecule has 0 radical (unpaired) electrons. The van der Waals surface area contributed by atoms with Crippen LogP contribution in [0.2, 0.25) is 0 Å². The maximum atomic E-state index is 10.1. The van der Waals surface area contributed by atoms with E-state index in [0.717, 1.165) is 0 Å². The summed E-state index contributed by atoms with van der Waals surface area (Å²) in [5.41, 5.74) is -0.848. The lowest BCUT2D eigenvalue weighted by atomic mass is 9.99. The summed E-state index contributed by atoms with van der Waals surface area (Å²) in [5, 5.41) is 121. The number of hydrogen-bond donors (Lipinski definition) is 13. The Morgan fingerprint density at radius 1 is 0.299 bits per heavy atom. The van der Waals surface area contributed by atoms with Crippen LogP contribution in [0, 0.1) is 5.92 Å². The van der Waals surface area contributed by atoms with Gasteiger partial charge < -0.3 is 166 Å². The smallest absolute Gasteiger partial charge is 0.186 e. The van der Waals surface area contributed by atoms with Crippen molar-refractivity contribution in [1.82, 2.24) is 5.32 Å². The molecule has 0 aromatic carbocycles. The second kappa shape index (κ2) is 50.2. The number of rotatable bonds is 57. The number of ether oxygens (including phenoxy) is 21. The van der Waals surface area contributed by atoms with E-state index in [0.29, 0.717) is 46.2 Å². The Morgan fingerprint density at radius 3 is 0.736 bits per heavy atom. The topological polar surface area (TPSA) is 449 Å². The third-order valence-electron chi connectivity index (χ3n) is 12.9. The van der Waals surface area contributed by atoms with Crippen LogP contribution in [0.3, 0.4) is 0 Å². The molecule has 0 amide bonds. The van der Waals surface area contributed by atoms with Crippen LogP contribution < -0.4 is 5.32 Å². The quantitative estimate of drug-likeness (QED) is 0.0199. The molecule has 0 saturated carbocycles. The van der Waals surface area contributed by atoms with Crippen LogP contribution in [-0.2, 0) is 99.5 Å². The Morgan fingerprint density at radius 2 is 0.517 bits per heavy atom. The standard InChI is InChI=1S/C53H103NO33/c1-37(2)27-54-53(31-79-34-76-18-15-70-6-3-67-9-12-73-21-24-82-50-47(64)44(61)41(58)38(28-55)85-50,32-80-35-77-19-16-71-7-4-68-10-13-74-22-25-83-51-48(65)45(62)42(59)39(29-56)86-51)33-81-36-78-20-17-72-8-5-69-11-14-75-23-26-84-52-49(66)46(63)43(60)40(30-57)87-52/h37-52,54-66H,3-36H2,1-2H3/t38?,39?,40?,41-,42-,43-,44?,45?,46?,47-,48-,49-,50+,51+,52+,53?/m0/s1. The zero-order chi connectivity index (χ0) is 63.3. The molecule has 0 bridgehead atoms. The van der Waals surface area contributed by atoms with Gasteiger partial charge in [0.25, 0.3) is 0 Å². The normalized spacial score (nSPS) is 28.7. The summed E-state index contributed by atoms with van der Waals surface area (Å²) in [6, 6.07) is 0. The monoisotopic (exact) mass is 1280 g/mol. The van der Waals surface area contributed by atoms with Crippen LogP contribution in [-0.4, -0.2) is 384 Å². The van der Waals surface area contributed by atoms with Gasteiger partial charge in [0.15, 0.2) is 18.9 Å². The first-order valence-electron chi connectivity index (χ1n) is 29.4. The van der Waals surface area contributed by atoms with E-state index in [9.17, 15) is 61.3 Å². The minimum absolute atomic E-state index is 0.0281. The van der Waals surface area contributed by atoms with Crippen LogP contribution in [0.4, 0.5) is 0 Å². The van der Waals surface area contributed by atoms with Gasteiger partial charge >= 0.3 is 0 Å². The van der Waals surface area contributed by atoms with Crippen LogP contribution in [0.15, 0.2) is 0 Å². The molecule has 34 nitrogen and oxygen atoms in total. The summed E-state index contributed by atoms with van der Waals surface area (Å²) >= 11 is 0. The zero-order valence-electron chi connectivity index (χ0n) is 50.2. The fourth-order valence-electron chi connectivity index (χ4n) is 8.03. The molecule has 0 aromatic heterocycles. The van der Waals surface area contributed by atoms with Gasteiger partial charge in [-0.15, -0.1) is 0 Å². The fraction of sp³-hybridized carbons (Fsp3) is 1.00. The zero-order valence-corrected chi connectivity index (χ0v) is 50.2. The molecule has 3 rings (SSSR count). The Kier molecular flexibility index (Phi) is 46.1. The second-order valence-electron chi connectivity index (χ2n) is 20.4. The molecule has 0 spiro atoms. The van der Waals surface area contributed by atoms with Crippen LogP contribution in [0.5, 0.6) is 0 Å². The van der Waals surface area contributed by atoms with Crippen molar-refractivity contribution in [2.75, 3.05) is 225 Å². The molecule has 3 heterocycles. The average Bonchev–Trinajstić information content (AvgIpc) is 3.55. The maximum absolute atomic E-state index is 10.1. The van der Waals surface area contributed by atoms with Gasteiger partial charge in [0.1, 0.15) is 93.6 Å². The van der Waals surface area contributed by atoms with Gasteiger partial charge in [0.05, 0.1) is 204 Å². The van der Waals surface area contributed by atoms with Crippen molar-refractivity contribution >= 4 is 0 Å². The number of aliphatic hydroxyl groups is 12. The highest BCUT2D eigenvalue weighted by atomic mass is 16.7. The summed E-state index contributed by atoms with van der Waals surface area (Å²) in [5.74, 6) is 0.261. The summed E-state index contributed by atoms with van der Waals surface area (Å²) in [7, 11) is 0. The lowest BCUT2D eigenvalue weighted by Gasteiger charge is -2.39. The molecule has 3 aliphatic heterocycles. The largest absolute Gasteiger partial charge is 0.394 e. The Hall–Kier alpha value is -1.36. The minimum atomic E-state index is -1.52. The lowest BCUT2D eigenvalue weighted by molar-refractivity contribution is -0.302. The predicted octanol–water partition coefficient (Wildman–Crippen LogP) is -7.46. The molecule has 87 heavy (non-hydrogen) atoms. The first kappa shape index (κ1) is 79.9. The van der Waals surface area contributed by atoms with Crippen molar-refractivity contribution in [3.05, 3.63) is 0 Å². The molecular formula is C53H103NO33. The van der Waals surface area contributed by atoms with Gasteiger partial charge in [-0.2, -0.15) is 0 Å². The molecule has 518 valence electrons. The van der Waals surface area contributed by atoms with E-state index >= 15 is 0 Å². The summed E-state index contributed by atoms with van der Waals surface area (Å²) in [4.78, 5) is 0. The van der Waals surface area contributed by atoms with Gasteiger partial charge in [-0.3, -0.25) is 0 Å². The number of nitrogens with one attached hydrogen (secondary N) is 1. The third-order valence-corrected chi connectivity index (χ3v) is 12.9. The molecule has 0 aromatic rings. The van der Waals surface area contributed by atoms with E-state index in [1.807, 2.05) is 0 Å². The molecule has 3 fully saturated rings. The van der Waals surface area contributed by atoms with Gasteiger partial charge in [-0.1, -0.05) is 13.8 Å². The Balaban J connectivity index is 1.27. The first-order valence-corrected chi connectivity index (χ1v) is 29.4. The van der Waals surface area contributed by atoms with E-state index < -0.39 is 117 Å². The van der Waals surface area contributed by atoms with E-state index in [1.54, 1.807) is 0 Å². The molecular weight excluding hydrogens is 1180 g/mol. The Labute approximate surface area is 507 Å². The number of aliphatic hydroxyl groups excluding tert-OH is 12. The van der Waals surface area contributed by atoms with E-state index in [1.165, 1.54) is 0 Å². The van der Waals surface area contributed by atoms with Crippen molar-refractivity contribution < 1.29 is 161 Å². The molecule has 0 aliphatic carbocycles. The van der Waals surface area contributed by atoms with Crippen LogP contribution >= 0.6 is 0 Å². The molecule has 15 atom stereocenters. The minimum Gasteiger partial charge on any atom is -0.394 e. The highest BCUT2D eigenvalue weighted by Crippen LogP contribution is 2.24. The van der Waals surface area contributed by atoms with Gasteiger partial charge in [0, 0.05) is 0 Å². The van der Waals surface area contributed by atoms with Gasteiger partial charge in [-0.05, 0) is 12.5 Å². The van der Waals surface area contributed by atoms with Crippen LogP contribution in [0.1, 0.15) is 13.8 Å². The van der Waals surface area contributed by atoms with Crippen molar-refractivity contribution in [3.8, 4) is 0 Å². The molecule has 34 heteroatoms. The summed E-state index contributed by atoms with van der Waals surface area (Å²) in [6.07, 6.45) is -20.3. The molecule has 6 unspecified atom stereocenters. The molecule has 3 saturated heterocycles. The van der Waals surface area contributed by atoms with Gasteiger partial charge in [-0.25, -0.2) is 0 Å².